The molecule has 0 unspecified atom stereocenters. The highest BCUT2D eigenvalue weighted by molar-refractivity contribution is 7.15. The number of hydrogen-bond donors (Lipinski definition) is 1. The van der Waals surface area contributed by atoms with Gasteiger partial charge in [0, 0.05) is 0 Å². The van der Waals surface area contributed by atoms with Gasteiger partial charge in [-0.3, -0.25) is 10.1 Å². The minimum absolute atomic E-state index is 0.0208. The van der Waals surface area contributed by atoms with Gasteiger partial charge in [-0.15, -0.1) is 10.2 Å². The van der Waals surface area contributed by atoms with Crippen LogP contribution in [0.15, 0.2) is 42.5 Å². The fourth-order valence-corrected chi connectivity index (χ4v) is 2.55. The molecule has 0 aliphatic carbocycles. The van der Waals surface area contributed by atoms with Crippen molar-refractivity contribution in [2.75, 3.05) is 11.9 Å². The molecule has 8 heteroatoms. The molecule has 0 aliphatic rings. The predicted octanol–water partition coefficient (Wildman–Crippen LogP) is 3.65. The number of hydrogen-bond acceptors (Lipinski definition) is 5. The van der Waals surface area contributed by atoms with E-state index in [9.17, 15) is 13.6 Å². The highest BCUT2D eigenvalue weighted by Crippen LogP contribution is 2.25. The first-order valence-electron chi connectivity index (χ1n) is 6.65. The Morgan fingerprint density at radius 3 is 2.70 bits per heavy atom. The monoisotopic (exact) mass is 335 g/mol. The lowest BCUT2D eigenvalue weighted by Crippen LogP contribution is -2.20. The Labute approximate surface area is 133 Å². The molecule has 2 aromatic carbocycles. The van der Waals surface area contributed by atoms with Crippen LogP contribution in [0.1, 0.15) is 11.4 Å². The number of benzene rings is 2. The largest absolute Gasteiger partial charge is 0.484 e. The minimum atomic E-state index is -2.70. The van der Waals surface area contributed by atoms with E-state index in [0.29, 0.717) is 17.1 Å². The molecule has 1 aromatic heterocycles. The highest BCUT2D eigenvalue weighted by Gasteiger charge is 2.15. The van der Waals surface area contributed by atoms with Crippen LogP contribution in [0.4, 0.5) is 13.9 Å². The van der Waals surface area contributed by atoms with Crippen molar-refractivity contribution in [3.63, 3.8) is 0 Å². The van der Waals surface area contributed by atoms with Crippen LogP contribution < -0.4 is 10.1 Å². The molecule has 0 bridgehead atoms. The molecule has 5 nitrogen and oxygen atoms in total. The molecule has 3 aromatic rings. The summed E-state index contributed by atoms with van der Waals surface area (Å²) in [7, 11) is 0. The van der Waals surface area contributed by atoms with E-state index in [2.05, 4.69) is 15.5 Å². The van der Waals surface area contributed by atoms with E-state index in [0.717, 1.165) is 10.8 Å². The van der Waals surface area contributed by atoms with Crippen molar-refractivity contribution in [3.8, 4) is 5.75 Å². The topological polar surface area (TPSA) is 64.1 Å². The standard InChI is InChI=1S/C15H11F2N3O2S/c16-13(17)14-19-20-15(23-14)18-12(21)8-22-11-6-5-9-3-1-2-4-10(9)7-11/h1-7,13H,8H2,(H,18,20,21). The maximum atomic E-state index is 12.4. The van der Waals surface area contributed by atoms with Gasteiger partial charge in [-0.1, -0.05) is 41.7 Å². The number of carbonyl (C=O) groups is 1. The third-order valence-corrected chi connectivity index (χ3v) is 3.81. The van der Waals surface area contributed by atoms with Crippen LogP contribution in [0.5, 0.6) is 5.75 Å². The Hall–Kier alpha value is -2.61. The molecule has 0 spiro atoms. The van der Waals surface area contributed by atoms with Gasteiger partial charge in [0.15, 0.2) is 11.6 Å². The normalized spacial score (nSPS) is 10.9. The van der Waals surface area contributed by atoms with Crippen molar-refractivity contribution in [1.29, 1.82) is 0 Å². The number of fused-ring (bicyclic) bond motifs is 1. The van der Waals surface area contributed by atoms with Gasteiger partial charge in [0.05, 0.1) is 0 Å². The number of alkyl halides is 2. The Kier molecular flexibility index (Phi) is 4.42. The van der Waals surface area contributed by atoms with Gasteiger partial charge in [-0.25, -0.2) is 8.78 Å². The molecule has 0 saturated carbocycles. The second-order valence-electron chi connectivity index (χ2n) is 4.59. The van der Waals surface area contributed by atoms with Crippen LogP contribution in [0.25, 0.3) is 10.8 Å². The van der Waals surface area contributed by atoms with Gasteiger partial charge in [-0.2, -0.15) is 0 Å². The fourth-order valence-electron chi connectivity index (χ4n) is 1.93. The number of amides is 1. The van der Waals surface area contributed by atoms with Crippen molar-refractivity contribution in [2.45, 2.75) is 6.43 Å². The highest BCUT2D eigenvalue weighted by atomic mass is 32.1. The number of nitrogens with zero attached hydrogens (tertiary/aromatic N) is 2. The summed E-state index contributed by atoms with van der Waals surface area (Å²) in [5, 5.41) is 10.8. The summed E-state index contributed by atoms with van der Waals surface area (Å²) in [6, 6.07) is 13.2. The summed E-state index contributed by atoms with van der Waals surface area (Å²) in [5.74, 6) is 0.0551. The first-order valence-corrected chi connectivity index (χ1v) is 7.46. The molecule has 1 N–H and O–H groups in total. The van der Waals surface area contributed by atoms with Crippen molar-refractivity contribution in [1.82, 2.24) is 10.2 Å². The van der Waals surface area contributed by atoms with Crippen LogP contribution in [-0.2, 0) is 4.79 Å². The van der Waals surface area contributed by atoms with Crippen molar-refractivity contribution < 1.29 is 18.3 Å². The van der Waals surface area contributed by atoms with E-state index in [4.69, 9.17) is 4.74 Å². The minimum Gasteiger partial charge on any atom is -0.484 e. The summed E-state index contributed by atoms with van der Waals surface area (Å²) in [6.07, 6.45) is -2.70. The van der Waals surface area contributed by atoms with Crippen LogP contribution >= 0.6 is 11.3 Å². The molecule has 0 radical (unpaired) electrons. The molecule has 0 aliphatic heterocycles. The average molecular weight is 335 g/mol. The van der Waals surface area contributed by atoms with Crippen molar-refractivity contribution in [2.24, 2.45) is 0 Å². The van der Waals surface area contributed by atoms with Crippen LogP contribution in [0, 0.1) is 0 Å². The molecule has 0 fully saturated rings. The molecule has 0 saturated heterocycles. The lowest BCUT2D eigenvalue weighted by atomic mass is 10.1. The summed E-state index contributed by atoms with van der Waals surface area (Å²) in [5.41, 5.74) is 0. The summed E-state index contributed by atoms with van der Waals surface area (Å²) < 4.78 is 30.2. The number of anilines is 1. The van der Waals surface area contributed by atoms with Crippen molar-refractivity contribution in [3.05, 3.63) is 47.5 Å². The number of rotatable bonds is 5. The van der Waals surface area contributed by atoms with Gasteiger partial charge in [0.25, 0.3) is 12.3 Å². The van der Waals surface area contributed by atoms with Gasteiger partial charge >= 0.3 is 0 Å². The summed E-state index contributed by atoms with van der Waals surface area (Å²) in [6.45, 7) is -0.248. The second kappa shape index (κ2) is 6.66. The zero-order valence-corrected chi connectivity index (χ0v) is 12.5. The summed E-state index contributed by atoms with van der Waals surface area (Å²) in [4.78, 5) is 11.7. The Bertz CT molecular complexity index is 838. The van der Waals surface area contributed by atoms with E-state index in [1.165, 1.54) is 0 Å². The number of halogens is 2. The lowest BCUT2D eigenvalue weighted by Gasteiger charge is -2.06. The van der Waals surface area contributed by atoms with Gasteiger partial charge in [-0.05, 0) is 22.9 Å². The quantitative estimate of drug-likeness (QED) is 0.773. The number of carbonyl (C=O) groups excluding carboxylic acids is 1. The smallest absolute Gasteiger partial charge is 0.291 e. The van der Waals surface area contributed by atoms with Crippen LogP contribution in [-0.4, -0.2) is 22.7 Å². The number of ether oxygens (including phenoxy) is 1. The molecule has 1 amide bonds. The lowest BCUT2D eigenvalue weighted by molar-refractivity contribution is -0.118. The Morgan fingerprint density at radius 2 is 1.96 bits per heavy atom. The Balaban J connectivity index is 1.59. The van der Waals surface area contributed by atoms with E-state index in [1.807, 2.05) is 36.4 Å². The SMILES string of the molecule is O=C(COc1ccc2ccccc2c1)Nc1nnc(C(F)F)s1. The van der Waals surface area contributed by atoms with E-state index in [-0.39, 0.29) is 11.7 Å². The molecule has 1 heterocycles. The molecule has 118 valence electrons. The molecular weight excluding hydrogens is 324 g/mol. The first kappa shape index (κ1) is 15.3. The van der Waals surface area contributed by atoms with E-state index < -0.39 is 17.3 Å². The Morgan fingerprint density at radius 1 is 1.17 bits per heavy atom. The van der Waals surface area contributed by atoms with Gasteiger partial charge in [0.2, 0.25) is 5.13 Å². The maximum Gasteiger partial charge on any atom is 0.291 e. The first-order chi connectivity index (χ1) is 11.1. The van der Waals surface area contributed by atoms with Crippen molar-refractivity contribution >= 4 is 33.1 Å². The second-order valence-corrected chi connectivity index (χ2v) is 5.60. The average Bonchev–Trinajstić information content (AvgIpc) is 3.01. The predicted molar refractivity (Wildman–Crippen MR) is 82.9 cm³/mol. The van der Waals surface area contributed by atoms with Crippen LogP contribution in [0.2, 0.25) is 0 Å². The number of aromatic nitrogens is 2. The zero-order chi connectivity index (χ0) is 16.2. The van der Waals surface area contributed by atoms with Crippen LogP contribution in [0.3, 0.4) is 0 Å². The van der Waals surface area contributed by atoms with Gasteiger partial charge in [0.1, 0.15) is 5.75 Å². The maximum absolute atomic E-state index is 12.4. The molecule has 23 heavy (non-hydrogen) atoms. The third kappa shape index (κ3) is 3.78. The van der Waals surface area contributed by atoms with E-state index >= 15 is 0 Å². The third-order valence-electron chi connectivity index (χ3n) is 2.96. The van der Waals surface area contributed by atoms with Gasteiger partial charge < -0.3 is 4.74 Å². The molecule has 3 rings (SSSR count). The number of nitrogens with one attached hydrogen (secondary N) is 1. The van der Waals surface area contributed by atoms with E-state index in [1.54, 1.807) is 6.07 Å². The molecular formula is C15H11F2N3O2S. The zero-order valence-electron chi connectivity index (χ0n) is 11.7. The summed E-state index contributed by atoms with van der Waals surface area (Å²) >= 11 is 0.633. The molecule has 0 atom stereocenters. The fraction of sp³-hybridized carbons (Fsp3) is 0.133.